The molecule has 3 nitrogen and oxygen atoms in total. The minimum atomic E-state index is -2.17. The Hall–Kier alpha value is 0.0506. The van der Waals surface area contributed by atoms with E-state index in [2.05, 4.69) is 0 Å². The molecule has 0 fully saturated rings. The van der Waals surface area contributed by atoms with Crippen LogP contribution in [0.15, 0.2) is 0 Å². The summed E-state index contributed by atoms with van der Waals surface area (Å²) in [4.78, 5) is 0. The second kappa shape index (κ2) is 3.25. The average molecular weight is 132 g/mol. The lowest BCUT2D eigenvalue weighted by Gasteiger charge is -1.48. The second-order valence-corrected chi connectivity index (χ2v) is 7.05. The van der Waals surface area contributed by atoms with Gasteiger partial charge in [0.15, 0.2) is 0 Å². The highest BCUT2D eigenvalue weighted by atomic mass is 29.5. The van der Waals surface area contributed by atoms with Gasteiger partial charge in [0.05, 0.1) is 0 Å². The van der Waals surface area contributed by atoms with Crippen molar-refractivity contribution in [2.75, 3.05) is 0 Å². The van der Waals surface area contributed by atoms with Gasteiger partial charge in [-0.2, -0.15) is 0 Å². The van der Waals surface area contributed by atoms with E-state index in [1.165, 1.54) is 0 Å². The van der Waals surface area contributed by atoms with Crippen molar-refractivity contribution in [3.05, 3.63) is 0 Å². The quantitative estimate of drug-likeness (QED) is 0.430. The van der Waals surface area contributed by atoms with Crippen molar-refractivity contribution in [1.82, 2.24) is 0 Å². The van der Waals surface area contributed by atoms with Gasteiger partial charge in [-0.15, -0.1) is 0 Å². The van der Waals surface area contributed by atoms with Crippen LogP contribution in [0.2, 0.25) is 0 Å². The molecular weight excluding hydrogens is 132 g/mol. The first-order valence-corrected chi connectivity index (χ1v) is 6.34. The summed E-state index contributed by atoms with van der Waals surface area (Å²) in [7, 11) is -3.92. The molecule has 6 heteroatoms. The average Bonchev–Trinajstić information content (AvgIpc) is 1.65. The van der Waals surface area contributed by atoms with Crippen molar-refractivity contribution in [2.45, 2.75) is 0 Å². The smallest absolute Gasteiger partial charge is 0.381 e. The monoisotopic (exact) mass is 132 g/mol. The zero-order valence-electron chi connectivity index (χ0n) is 2.72. The third-order valence-electron chi connectivity index (χ3n) is 0.185. The SMILES string of the molecule is O=[Si][Si](=O)[Si]=O. The van der Waals surface area contributed by atoms with Crippen LogP contribution in [0.1, 0.15) is 0 Å². The van der Waals surface area contributed by atoms with Crippen LogP contribution < -0.4 is 0 Å². The maximum Gasteiger partial charge on any atom is 0.381 e. The van der Waals surface area contributed by atoms with Crippen LogP contribution in [0, 0.1) is 0 Å². The maximum atomic E-state index is 9.77. The lowest BCUT2D eigenvalue weighted by atomic mass is 16.0. The van der Waals surface area contributed by atoms with Gasteiger partial charge < -0.3 is 13.4 Å². The van der Waals surface area contributed by atoms with Crippen molar-refractivity contribution >= 4 is 25.6 Å². The van der Waals surface area contributed by atoms with Crippen LogP contribution in [-0.2, 0) is 13.4 Å². The molecule has 0 aliphatic carbocycles. The number of hydrogen-bond donors (Lipinski definition) is 0. The summed E-state index contributed by atoms with van der Waals surface area (Å²) in [6, 6.07) is 0. The van der Waals surface area contributed by atoms with Gasteiger partial charge in [0.2, 0.25) is 0 Å². The van der Waals surface area contributed by atoms with E-state index in [4.69, 9.17) is 0 Å². The highest BCUT2D eigenvalue weighted by Crippen LogP contribution is 1.37. The third-order valence-corrected chi connectivity index (χ3v) is 3.51. The highest BCUT2D eigenvalue weighted by molar-refractivity contribution is 7.25. The van der Waals surface area contributed by atoms with E-state index in [1.807, 2.05) is 0 Å². The summed E-state index contributed by atoms with van der Waals surface area (Å²) in [6.07, 6.45) is 0. The summed E-state index contributed by atoms with van der Waals surface area (Å²) in [5.41, 5.74) is 0. The molecule has 0 aliphatic heterocycles. The first-order chi connectivity index (χ1) is 2.81. The van der Waals surface area contributed by atoms with Gasteiger partial charge in [-0.3, -0.25) is 0 Å². The molecule has 0 rings (SSSR count). The summed E-state index contributed by atoms with van der Waals surface area (Å²) >= 11 is 0. The van der Waals surface area contributed by atoms with Crippen LogP contribution in [0.5, 0.6) is 0 Å². The lowest BCUT2D eigenvalue weighted by Crippen LogP contribution is -2.05. The van der Waals surface area contributed by atoms with Crippen molar-refractivity contribution < 1.29 is 13.4 Å². The Bertz CT molecular complexity index is 74.0. The molecule has 30 valence electrons. The van der Waals surface area contributed by atoms with E-state index in [1.54, 1.807) is 0 Å². The van der Waals surface area contributed by atoms with E-state index < -0.39 is 25.6 Å². The van der Waals surface area contributed by atoms with Crippen LogP contribution >= 0.6 is 0 Å². The highest BCUT2D eigenvalue weighted by Gasteiger charge is 2.01. The van der Waals surface area contributed by atoms with Gasteiger partial charge in [-0.25, -0.2) is 0 Å². The molecule has 0 saturated heterocycles. The zero-order chi connectivity index (χ0) is 4.99. The van der Waals surface area contributed by atoms with Gasteiger partial charge in [-0.1, -0.05) is 0 Å². The van der Waals surface area contributed by atoms with E-state index in [-0.39, 0.29) is 0 Å². The van der Waals surface area contributed by atoms with Crippen LogP contribution in [0.25, 0.3) is 0 Å². The molecule has 0 spiro atoms. The van der Waals surface area contributed by atoms with E-state index >= 15 is 0 Å². The molecule has 0 heterocycles. The molecular formula is O3Si3. The predicted octanol–water partition coefficient (Wildman–Crippen LogP) is -1.50. The topological polar surface area (TPSA) is 51.2 Å². The number of hydrogen-bond acceptors (Lipinski definition) is 3. The first kappa shape index (κ1) is 6.05. The summed E-state index contributed by atoms with van der Waals surface area (Å²) in [5, 5.41) is 0. The molecule has 0 N–H and O–H groups in total. The Kier molecular flexibility index (Phi) is 3.28. The van der Waals surface area contributed by atoms with Crippen molar-refractivity contribution in [3.63, 3.8) is 0 Å². The van der Waals surface area contributed by atoms with E-state index in [0.29, 0.717) is 0 Å². The van der Waals surface area contributed by atoms with Crippen LogP contribution in [0.4, 0.5) is 0 Å². The molecule has 0 saturated carbocycles. The molecule has 0 bridgehead atoms. The fourth-order valence-corrected chi connectivity index (χ4v) is 0.562. The first-order valence-electron chi connectivity index (χ1n) is 1.11. The van der Waals surface area contributed by atoms with Gasteiger partial charge >= 0.3 is 25.6 Å². The Balaban J connectivity index is 3.52. The third kappa shape index (κ3) is 2.30. The molecule has 0 unspecified atom stereocenters. The Morgan fingerprint density at radius 3 is 1.50 bits per heavy atom. The Morgan fingerprint density at radius 1 is 1.17 bits per heavy atom. The largest absolute Gasteiger partial charge is 0.381 e. The van der Waals surface area contributed by atoms with Crippen molar-refractivity contribution in [1.29, 1.82) is 0 Å². The van der Waals surface area contributed by atoms with Crippen LogP contribution in [0.3, 0.4) is 0 Å². The van der Waals surface area contributed by atoms with Crippen molar-refractivity contribution in [3.8, 4) is 0 Å². The molecule has 2 radical (unpaired) electrons. The molecule has 0 atom stereocenters. The lowest BCUT2D eigenvalue weighted by molar-refractivity contribution is 0.554. The van der Waals surface area contributed by atoms with Gasteiger partial charge in [0, 0.05) is 0 Å². The van der Waals surface area contributed by atoms with Gasteiger partial charge in [0.25, 0.3) is 0 Å². The fourth-order valence-electron chi connectivity index (χ4n) is 0.0208. The van der Waals surface area contributed by atoms with Gasteiger partial charge in [0.1, 0.15) is 0 Å². The second-order valence-electron chi connectivity index (χ2n) is 0.533. The molecule has 0 aromatic carbocycles. The number of rotatable bonds is 2. The van der Waals surface area contributed by atoms with Gasteiger partial charge in [-0.05, 0) is 0 Å². The summed E-state index contributed by atoms with van der Waals surface area (Å²) in [6.45, 7) is 0. The van der Waals surface area contributed by atoms with E-state index in [0.717, 1.165) is 0 Å². The Labute approximate surface area is 39.8 Å². The molecule has 0 aromatic heterocycles. The molecule has 0 aliphatic rings. The summed E-state index contributed by atoms with van der Waals surface area (Å²) in [5.74, 6) is 0. The van der Waals surface area contributed by atoms with Crippen molar-refractivity contribution in [2.24, 2.45) is 0 Å². The molecule has 6 heavy (non-hydrogen) atoms. The van der Waals surface area contributed by atoms with E-state index in [9.17, 15) is 13.4 Å². The minimum Gasteiger partial charge on any atom is -0.381 e. The normalized spacial score (nSPS) is 6.67. The zero-order valence-corrected chi connectivity index (χ0v) is 5.72. The van der Waals surface area contributed by atoms with Crippen LogP contribution in [-0.4, -0.2) is 25.6 Å². The summed E-state index contributed by atoms with van der Waals surface area (Å²) < 4.78 is 28.6. The minimum absolute atomic E-state index is 0.872. The maximum absolute atomic E-state index is 9.77. The fraction of sp³-hybridized carbons (Fsp3) is 0. The Morgan fingerprint density at radius 2 is 1.50 bits per heavy atom. The predicted molar refractivity (Wildman–Crippen MR) is 19.3 cm³/mol. The molecule has 0 amide bonds. The molecule has 0 aromatic rings. The standard InChI is InChI=1S/O3Si3/c1-4-6(3)5-2.